The number of amides is 6. The zero-order chi connectivity index (χ0) is 37.3. The van der Waals surface area contributed by atoms with Crippen LogP contribution in [0.25, 0.3) is 0 Å². The number of carbonyl (C=O) groups is 4. The van der Waals surface area contributed by atoms with Gasteiger partial charge in [-0.3, -0.25) is 10.6 Å². The van der Waals surface area contributed by atoms with Gasteiger partial charge in [-0.05, 0) is 125 Å². The average molecular weight is 717 g/mol. The van der Waals surface area contributed by atoms with Crippen LogP contribution in [0.2, 0.25) is 0 Å². The fourth-order valence-electron chi connectivity index (χ4n) is 4.53. The van der Waals surface area contributed by atoms with Crippen LogP contribution in [-0.2, 0) is 19.3 Å². The number of hydrogen-bond acceptors (Lipinski definition) is 8. The molecule has 0 saturated heterocycles. The van der Waals surface area contributed by atoms with Crippen LogP contribution < -0.4 is 31.9 Å². The first-order chi connectivity index (χ1) is 24.1. The van der Waals surface area contributed by atoms with Gasteiger partial charge in [0.25, 0.3) is 0 Å². The predicted molar refractivity (Wildman–Crippen MR) is 196 cm³/mol. The molecule has 0 aliphatic heterocycles. The van der Waals surface area contributed by atoms with E-state index in [2.05, 4.69) is 31.9 Å². The first-order valence-corrected chi connectivity index (χ1v) is 17.3. The molecule has 0 aliphatic rings. The van der Waals surface area contributed by atoms with Gasteiger partial charge in [-0.1, -0.05) is 12.1 Å². The number of aryl methyl sites for hydroxylation is 2. The highest BCUT2D eigenvalue weighted by Gasteiger charge is 2.18. The summed E-state index contributed by atoms with van der Waals surface area (Å²) < 4.78 is 36.8. The number of urea groups is 2. The second-order valence-electron chi connectivity index (χ2n) is 11.9. The molecular formula is C36H40N6O8S. The van der Waals surface area contributed by atoms with Crippen LogP contribution in [0.15, 0.2) is 94.7 Å². The Kier molecular flexibility index (Phi) is 12.2. The highest BCUT2D eigenvalue weighted by Crippen LogP contribution is 2.26. The number of hydrogen-bond donors (Lipinski definition) is 6. The van der Waals surface area contributed by atoms with Gasteiger partial charge in [-0.15, -0.1) is 0 Å². The van der Waals surface area contributed by atoms with Crippen molar-refractivity contribution in [3.8, 4) is 0 Å². The Morgan fingerprint density at radius 1 is 0.490 bits per heavy atom. The summed E-state index contributed by atoms with van der Waals surface area (Å²) in [4.78, 5) is 49.3. The normalized spacial score (nSPS) is 11.0. The molecule has 0 radical (unpaired) electrons. The minimum Gasteiger partial charge on any atom is -0.447 e. The first-order valence-electron chi connectivity index (χ1n) is 15.9. The number of anilines is 6. The number of ether oxygens (including phenoxy) is 2. The summed E-state index contributed by atoms with van der Waals surface area (Å²) >= 11 is 0. The van der Waals surface area contributed by atoms with Crippen LogP contribution in [-0.4, -0.2) is 44.9 Å². The summed E-state index contributed by atoms with van der Waals surface area (Å²) in [5, 5.41) is 15.9. The van der Waals surface area contributed by atoms with Crippen molar-refractivity contribution in [3.63, 3.8) is 0 Å². The van der Waals surface area contributed by atoms with E-state index >= 15 is 0 Å². The molecule has 4 aromatic carbocycles. The summed E-state index contributed by atoms with van der Waals surface area (Å²) in [5.41, 5.74) is 3.98. The van der Waals surface area contributed by atoms with Gasteiger partial charge in [0, 0.05) is 34.1 Å². The lowest BCUT2D eigenvalue weighted by Gasteiger charge is -2.14. The van der Waals surface area contributed by atoms with Gasteiger partial charge in [-0.25, -0.2) is 27.6 Å². The lowest BCUT2D eigenvalue weighted by atomic mass is 10.2. The summed E-state index contributed by atoms with van der Waals surface area (Å²) in [6, 6.07) is 20.1. The fourth-order valence-corrected chi connectivity index (χ4v) is 5.79. The zero-order valence-corrected chi connectivity index (χ0v) is 29.7. The number of rotatable bonds is 10. The molecule has 0 saturated carbocycles. The predicted octanol–water partition coefficient (Wildman–Crippen LogP) is 8.34. The van der Waals surface area contributed by atoms with E-state index in [1.807, 2.05) is 0 Å². The molecule has 6 amide bonds. The standard InChI is InChI=1S/C36H40N6O8S/c1-21(2)49-35(45)41-31-19-27(9-7-23(31)5)39-33(43)37-25-11-15-29(16-12-25)51(47,48)30-17-13-26(14-18-30)38-34(44)40-28-10-8-24(6)32(20-28)42-36(46)50-22(3)4/h7-22H,1-6H3,(H,41,45)(H,42,46)(H2,37,39,43)(H2,38,40,44). The van der Waals surface area contributed by atoms with Crippen molar-refractivity contribution in [3.05, 3.63) is 96.1 Å². The molecule has 0 heterocycles. The summed E-state index contributed by atoms with van der Waals surface area (Å²) in [5.74, 6) is 0. The minimum atomic E-state index is -3.93. The van der Waals surface area contributed by atoms with Gasteiger partial charge < -0.3 is 30.7 Å². The van der Waals surface area contributed by atoms with Crippen LogP contribution in [0, 0.1) is 13.8 Å². The maximum absolute atomic E-state index is 13.3. The van der Waals surface area contributed by atoms with E-state index in [9.17, 15) is 27.6 Å². The van der Waals surface area contributed by atoms with E-state index in [-0.39, 0.29) is 22.0 Å². The van der Waals surface area contributed by atoms with E-state index in [0.717, 1.165) is 11.1 Å². The van der Waals surface area contributed by atoms with Crippen LogP contribution in [0.5, 0.6) is 0 Å². The molecule has 0 fully saturated rings. The zero-order valence-electron chi connectivity index (χ0n) is 28.9. The van der Waals surface area contributed by atoms with E-state index in [0.29, 0.717) is 34.1 Å². The maximum Gasteiger partial charge on any atom is 0.411 e. The highest BCUT2D eigenvalue weighted by atomic mass is 32.2. The Morgan fingerprint density at radius 2 is 0.804 bits per heavy atom. The smallest absolute Gasteiger partial charge is 0.411 e. The molecule has 0 spiro atoms. The Labute approximate surface area is 296 Å². The Morgan fingerprint density at radius 3 is 1.14 bits per heavy atom. The third kappa shape index (κ3) is 11.0. The minimum absolute atomic E-state index is 0.00416. The molecule has 6 N–H and O–H groups in total. The van der Waals surface area contributed by atoms with Gasteiger partial charge >= 0.3 is 24.2 Å². The van der Waals surface area contributed by atoms with Crippen molar-refractivity contribution < 1.29 is 37.1 Å². The van der Waals surface area contributed by atoms with Crippen LogP contribution >= 0.6 is 0 Å². The fraction of sp³-hybridized carbons (Fsp3) is 0.222. The molecule has 0 aromatic heterocycles. The van der Waals surface area contributed by atoms with Crippen LogP contribution in [0.3, 0.4) is 0 Å². The molecule has 15 heteroatoms. The molecule has 0 atom stereocenters. The Balaban J connectivity index is 1.33. The van der Waals surface area contributed by atoms with E-state index < -0.39 is 34.1 Å². The van der Waals surface area contributed by atoms with E-state index in [1.165, 1.54) is 48.5 Å². The second-order valence-corrected chi connectivity index (χ2v) is 13.9. The molecule has 4 aromatic rings. The number of benzene rings is 4. The SMILES string of the molecule is Cc1ccc(NC(=O)Nc2ccc(S(=O)(=O)c3ccc(NC(=O)Nc4ccc(C)c(NC(=O)OC(C)C)c4)cc3)cc2)cc1NC(=O)OC(C)C. The van der Waals surface area contributed by atoms with Crippen molar-refractivity contribution in [2.45, 2.75) is 63.5 Å². The third-order valence-corrected chi connectivity index (χ3v) is 8.78. The largest absolute Gasteiger partial charge is 0.447 e. The Hall–Kier alpha value is -6.09. The Bertz CT molecular complexity index is 1880. The quantitative estimate of drug-likeness (QED) is 0.0943. The third-order valence-electron chi connectivity index (χ3n) is 6.99. The monoisotopic (exact) mass is 716 g/mol. The van der Waals surface area contributed by atoms with Crippen molar-refractivity contribution in [1.82, 2.24) is 0 Å². The topological polar surface area (TPSA) is 193 Å². The molecule has 0 unspecified atom stereocenters. The van der Waals surface area contributed by atoms with E-state index in [1.54, 1.807) is 77.9 Å². The van der Waals surface area contributed by atoms with Crippen molar-refractivity contribution in [2.24, 2.45) is 0 Å². The molecule has 51 heavy (non-hydrogen) atoms. The molecular weight excluding hydrogens is 676 g/mol. The van der Waals surface area contributed by atoms with Crippen molar-refractivity contribution in [2.75, 3.05) is 31.9 Å². The number of carbonyl (C=O) groups excluding carboxylic acids is 4. The lowest BCUT2D eigenvalue weighted by Crippen LogP contribution is -2.21. The van der Waals surface area contributed by atoms with Crippen molar-refractivity contribution in [1.29, 1.82) is 0 Å². The number of nitrogens with one attached hydrogen (secondary N) is 6. The van der Waals surface area contributed by atoms with Crippen molar-refractivity contribution >= 4 is 68.2 Å². The maximum atomic E-state index is 13.3. The second kappa shape index (κ2) is 16.5. The molecule has 14 nitrogen and oxygen atoms in total. The first kappa shape index (κ1) is 37.7. The van der Waals surface area contributed by atoms with Crippen LogP contribution in [0.1, 0.15) is 38.8 Å². The van der Waals surface area contributed by atoms with Crippen LogP contribution in [0.4, 0.5) is 53.3 Å². The summed E-state index contributed by atoms with van der Waals surface area (Å²) in [7, 11) is -3.93. The summed E-state index contributed by atoms with van der Waals surface area (Å²) in [6.45, 7) is 10.5. The van der Waals surface area contributed by atoms with Gasteiger partial charge in [0.05, 0.1) is 22.0 Å². The van der Waals surface area contributed by atoms with Gasteiger partial charge in [0.15, 0.2) is 0 Å². The highest BCUT2D eigenvalue weighted by molar-refractivity contribution is 7.91. The van der Waals surface area contributed by atoms with E-state index in [4.69, 9.17) is 9.47 Å². The number of sulfone groups is 1. The summed E-state index contributed by atoms with van der Waals surface area (Å²) in [6.07, 6.45) is -1.82. The molecule has 0 aliphatic carbocycles. The van der Waals surface area contributed by atoms with Gasteiger partial charge in [-0.2, -0.15) is 0 Å². The lowest BCUT2D eigenvalue weighted by molar-refractivity contribution is 0.129. The molecule has 268 valence electrons. The van der Waals surface area contributed by atoms with Gasteiger partial charge in [0.1, 0.15) is 0 Å². The average Bonchev–Trinajstić information content (AvgIpc) is 3.04. The molecule has 0 bridgehead atoms. The van der Waals surface area contributed by atoms with Gasteiger partial charge in [0.2, 0.25) is 9.84 Å². The molecule has 4 rings (SSSR count).